The van der Waals surface area contributed by atoms with Crippen LogP contribution in [0.4, 0.5) is 4.39 Å². The summed E-state index contributed by atoms with van der Waals surface area (Å²) in [6.45, 7) is 9.13. The van der Waals surface area contributed by atoms with Crippen molar-refractivity contribution < 1.29 is 18.7 Å². The molecular weight excluding hydrogens is 345 g/mol. The first-order valence-corrected chi connectivity index (χ1v) is 8.85. The standard InChI is InChI=1S/C19H27ClFNO3/c1-5-16-13-17(23-11-8-18(20)21)12-15(4)19(16)24-9-6-7-10-25-22-14(2)3/h8,12-13H,5-7,9-11H2,1-4H3/b18-8-. The fourth-order valence-electron chi connectivity index (χ4n) is 2.18. The SMILES string of the molecule is CCc1cc(OC/C=C(\F)Cl)cc(C)c1OCCCCON=C(C)C. The van der Waals surface area contributed by atoms with Gasteiger partial charge in [-0.2, -0.15) is 4.39 Å². The van der Waals surface area contributed by atoms with E-state index in [1.54, 1.807) is 0 Å². The Balaban J connectivity index is 2.53. The zero-order chi connectivity index (χ0) is 18.7. The minimum Gasteiger partial charge on any atom is -0.493 e. The van der Waals surface area contributed by atoms with E-state index in [1.807, 2.05) is 32.9 Å². The van der Waals surface area contributed by atoms with Gasteiger partial charge >= 0.3 is 0 Å². The number of hydrogen-bond donors (Lipinski definition) is 0. The summed E-state index contributed by atoms with van der Waals surface area (Å²) in [5.41, 5.74) is 2.96. The summed E-state index contributed by atoms with van der Waals surface area (Å²) in [6, 6.07) is 3.81. The fourth-order valence-corrected chi connectivity index (χ4v) is 2.25. The zero-order valence-corrected chi connectivity index (χ0v) is 16.2. The molecule has 0 spiro atoms. The van der Waals surface area contributed by atoms with Crippen LogP contribution in [0.1, 0.15) is 44.7 Å². The van der Waals surface area contributed by atoms with Crippen LogP contribution in [0.2, 0.25) is 0 Å². The van der Waals surface area contributed by atoms with Crippen molar-refractivity contribution in [2.75, 3.05) is 19.8 Å². The van der Waals surface area contributed by atoms with Gasteiger partial charge in [0.25, 0.3) is 0 Å². The largest absolute Gasteiger partial charge is 0.493 e. The lowest BCUT2D eigenvalue weighted by Crippen LogP contribution is -2.04. The number of halogens is 2. The van der Waals surface area contributed by atoms with Gasteiger partial charge in [-0.05, 0) is 63.3 Å². The summed E-state index contributed by atoms with van der Waals surface area (Å²) in [7, 11) is 0. The lowest BCUT2D eigenvalue weighted by Gasteiger charge is -2.15. The lowest BCUT2D eigenvalue weighted by atomic mass is 10.1. The molecule has 0 saturated carbocycles. The third-order valence-corrected chi connectivity index (χ3v) is 3.47. The van der Waals surface area contributed by atoms with Crippen LogP contribution in [0, 0.1) is 6.92 Å². The molecule has 4 nitrogen and oxygen atoms in total. The van der Waals surface area contributed by atoms with Crippen LogP contribution in [0.25, 0.3) is 0 Å². The normalized spacial score (nSPS) is 11.2. The van der Waals surface area contributed by atoms with E-state index >= 15 is 0 Å². The minimum absolute atomic E-state index is 0.0951. The molecule has 25 heavy (non-hydrogen) atoms. The summed E-state index contributed by atoms with van der Waals surface area (Å²) < 4.78 is 23.9. The number of hydrogen-bond acceptors (Lipinski definition) is 4. The molecule has 6 heteroatoms. The van der Waals surface area contributed by atoms with Crippen LogP contribution < -0.4 is 9.47 Å². The van der Waals surface area contributed by atoms with Gasteiger partial charge in [0.1, 0.15) is 24.7 Å². The molecule has 0 aliphatic carbocycles. The number of aryl methyl sites for hydroxylation is 2. The van der Waals surface area contributed by atoms with E-state index in [0.717, 1.165) is 41.9 Å². The molecule has 0 radical (unpaired) electrons. The maximum Gasteiger partial charge on any atom is 0.188 e. The molecule has 0 N–H and O–H groups in total. The second kappa shape index (κ2) is 11.7. The molecule has 0 aliphatic rings. The van der Waals surface area contributed by atoms with Gasteiger partial charge in [-0.3, -0.25) is 0 Å². The van der Waals surface area contributed by atoms with Crippen LogP contribution in [0.5, 0.6) is 11.5 Å². The average Bonchev–Trinajstić information content (AvgIpc) is 2.54. The molecule has 0 unspecified atom stereocenters. The second-order valence-corrected chi connectivity index (χ2v) is 6.18. The predicted molar refractivity (Wildman–Crippen MR) is 101 cm³/mol. The first-order valence-electron chi connectivity index (χ1n) is 8.47. The predicted octanol–water partition coefficient (Wildman–Crippen LogP) is 5.56. The van der Waals surface area contributed by atoms with E-state index in [4.69, 9.17) is 25.9 Å². The number of oxime groups is 1. The van der Waals surface area contributed by atoms with Gasteiger partial charge in [0, 0.05) is 6.08 Å². The molecule has 140 valence electrons. The molecule has 0 aliphatic heterocycles. The topological polar surface area (TPSA) is 40.0 Å². The van der Waals surface area contributed by atoms with Crippen molar-refractivity contribution >= 4 is 17.3 Å². The van der Waals surface area contributed by atoms with Crippen molar-refractivity contribution in [1.82, 2.24) is 0 Å². The highest BCUT2D eigenvalue weighted by Crippen LogP contribution is 2.30. The molecular formula is C19H27ClFNO3. The first-order chi connectivity index (χ1) is 11.9. The Kier molecular flexibility index (Phi) is 10.0. The number of nitrogens with zero attached hydrogens (tertiary/aromatic N) is 1. The van der Waals surface area contributed by atoms with Crippen molar-refractivity contribution in [2.24, 2.45) is 5.16 Å². The third-order valence-electron chi connectivity index (χ3n) is 3.32. The maximum absolute atomic E-state index is 12.5. The Labute approximate surface area is 154 Å². The van der Waals surface area contributed by atoms with E-state index in [0.29, 0.717) is 19.0 Å². The summed E-state index contributed by atoms with van der Waals surface area (Å²) in [6.07, 6.45) is 3.77. The van der Waals surface area contributed by atoms with Gasteiger partial charge in [0.15, 0.2) is 5.29 Å². The van der Waals surface area contributed by atoms with Crippen molar-refractivity contribution in [2.45, 2.75) is 47.0 Å². The molecule has 0 fully saturated rings. The van der Waals surface area contributed by atoms with Gasteiger partial charge < -0.3 is 14.3 Å². The fraction of sp³-hybridized carbons (Fsp3) is 0.526. The molecule has 0 amide bonds. The van der Waals surface area contributed by atoms with Gasteiger partial charge in [0.05, 0.1) is 12.3 Å². The highest BCUT2D eigenvalue weighted by molar-refractivity contribution is 6.28. The molecule has 0 bridgehead atoms. The molecule has 0 atom stereocenters. The van der Waals surface area contributed by atoms with Crippen LogP contribution in [-0.4, -0.2) is 25.5 Å². The highest BCUT2D eigenvalue weighted by atomic mass is 35.5. The average molecular weight is 372 g/mol. The Hall–Kier alpha value is -1.75. The minimum atomic E-state index is -0.767. The Morgan fingerprint density at radius 2 is 1.92 bits per heavy atom. The Morgan fingerprint density at radius 1 is 1.20 bits per heavy atom. The van der Waals surface area contributed by atoms with Gasteiger partial charge in [-0.1, -0.05) is 23.7 Å². The summed E-state index contributed by atoms with van der Waals surface area (Å²) >= 11 is 5.16. The van der Waals surface area contributed by atoms with Crippen LogP contribution in [-0.2, 0) is 11.3 Å². The van der Waals surface area contributed by atoms with E-state index in [2.05, 4.69) is 12.1 Å². The Morgan fingerprint density at radius 3 is 2.56 bits per heavy atom. The maximum atomic E-state index is 12.5. The number of ether oxygens (including phenoxy) is 2. The summed E-state index contributed by atoms with van der Waals surface area (Å²) in [5, 5.41) is 3.13. The zero-order valence-electron chi connectivity index (χ0n) is 15.4. The number of rotatable bonds is 11. The van der Waals surface area contributed by atoms with Crippen LogP contribution >= 0.6 is 11.6 Å². The van der Waals surface area contributed by atoms with Gasteiger partial charge in [0.2, 0.25) is 0 Å². The number of unbranched alkanes of at least 4 members (excludes halogenated alkanes) is 1. The molecule has 1 aromatic rings. The van der Waals surface area contributed by atoms with Crippen LogP contribution in [0.3, 0.4) is 0 Å². The van der Waals surface area contributed by atoms with E-state index in [1.165, 1.54) is 6.08 Å². The summed E-state index contributed by atoms with van der Waals surface area (Å²) in [4.78, 5) is 5.16. The molecule has 1 rings (SSSR count). The molecule has 1 aromatic carbocycles. The van der Waals surface area contributed by atoms with Crippen molar-refractivity contribution in [3.8, 4) is 11.5 Å². The molecule has 0 aromatic heterocycles. The molecule has 0 heterocycles. The van der Waals surface area contributed by atoms with Crippen LogP contribution in [0.15, 0.2) is 28.7 Å². The monoisotopic (exact) mass is 371 g/mol. The highest BCUT2D eigenvalue weighted by Gasteiger charge is 2.09. The third kappa shape index (κ3) is 8.77. The van der Waals surface area contributed by atoms with Crippen molar-refractivity contribution in [3.63, 3.8) is 0 Å². The van der Waals surface area contributed by atoms with Gasteiger partial charge in [-0.25, -0.2) is 0 Å². The lowest BCUT2D eigenvalue weighted by molar-refractivity contribution is 0.135. The number of benzene rings is 1. The van der Waals surface area contributed by atoms with E-state index in [9.17, 15) is 4.39 Å². The molecule has 0 saturated heterocycles. The van der Waals surface area contributed by atoms with Crippen molar-refractivity contribution in [1.29, 1.82) is 0 Å². The van der Waals surface area contributed by atoms with E-state index in [-0.39, 0.29) is 6.61 Å². The summed E-state index contributed by atoms with van der Waals surface area (Å²) in [5.74, 6) is 1.56. The first kappa shape index (κ1) is 21.3. The van der Waals surface area contributed by atoms with Crippen molar-refractivity contribution in [3.05, 3.63) is 34.6 Å². The Bertz CT molecular complexity index is 595. The van der Waals surface area contributed by atoms with Gasteiger partial charge in [-0.15, -0.1) is 0 Å². The smallest absolute Gasteiger partial charge is 0.188 e. The quantitative estimate of drug-likeness (QED) is 0.290. The second-order valence-electron chi connectivity index (χ2n) is 5.81. The van der Waals surface area contributed by atoms with E-state index < -0.39 is 5.29 Å².